The molecule has 0 aromatic heterocycles. The van der Waals surface area contributed by atoms with Gasteiger partial charge >= 0.3 is 5.97 Å². The van der Waals surface area contributed by atoms with E-state index in [1.54, 1.807) is 6.08 Å². The van der Waals surface area contributed by atoms with Gasteiger partial charge in [-0.1, -0.05) is 66.4 Å². The molecule has 172 valence electrons. The highest BCUT2D eigenvalue weighted by atomic mass is 32.2. The van der Waals surface area contributed by atoms with Gasteiger partial charge in [0.2, 0.25) is 0 Å². The van der Waals surface area contributed by atoms with Crippen molar-refractivity contribution >= 4 is 51.9 Å². The lowest BCUT2D eigenvalue weighted by molar-refractivity contribution is -0.140. The molecule has 2 fully saturated rings. The number of anilines is 1. The van der Waals surface area contributed by atoms with E-state index in [1.165, 1.54) is 36.9 Å². The summed E-state index contributed by atoms with van der Waals surface area (Å²) < 4.78 is 0.289. The van der Waals surface area contributed by atoms with Gasteiger partial charge in [0.1, 0.15) is 10.9 Å². The summed E-state index contributed by atoms with van der Waals surface area (Å²) >= 11 is 6.30. The topological polar surface area (TPSA) is 60.9 Å². The molecule has 0 bridgehead atoms. The minimum Gasteiger partial charge on any atom is -0.480 e. The van der Waals surface area contributed by atoms with E-state index in [1.807, 2.05) is 12.1 Å². The van der Waals surface area contributed by atoms with Crippen molar-refractivity contribution in [1.29, 1.82) is 0 Å². The quantitative estimate of drug-likeness (QED) is 0.413. The first-order valence-corrected chi connectivity index (χ1v) is 12.6. The number of hydrogen-bond acceptors (Lipinski definition) is 5. The summed E-state index contributed by atoms with van der Waals surface area (Å²) in [5.74, 6) is -0.611. The van der Waals surface area contributed by atoms with E-state index in [-0.39, 0.29) is 10.2 Å². The Labute approximate surface area is 204 Å². The Hall–Kier alpha value is -2.64. The van der Waals surface area contributed by atoms with Crippen LogP contribution in [0.1, 0.15) is 36.8 Å². The Kier molecular flexibility index (Phi) is 7.83. The Bertz CT molecular complexity index is 1030. The van der Waals surface area contributed by atoms with E-state index in [0.717, 1.165) is 47.7 Å². The Balaban J connectivity index is 1.27. The lowest BCUT2D eigenvalue weighted by Gasteiger charge is -2.33. The molecule has 4 rings (SSSR count). The molecule has 0 spiro atoms. The van der Waals surface area contributed by atoms with E-state index in [2.05, 4.69) is 47.4 Å². The van der Waals surface area contributed by atoms with Crippen LogP contribution in [0.3, 0.4) is 0 Å². The van der Waals surface area contributed by atoms with Crippen molar-refractivity contribution in [2.45, 2.75) is 32.1 Å². The molecular weight excluding hydrogens is 452 g/mol. The zero-order valence-corrected chi connectivity index (χ0v) is 20.1. The second-order valence-corrected chi connectivity index (χ2v) is 10.2. The molecule has 0 radical (unpaired) electrons. The number of benzene rings is 2. The molecule has 33 heavy (non-hydrogen) atoms. The average Bonchev–Trinajstić information content (AvgIpc) is 3.08. The normalized spacial score (nSPS) is 18.4. The van der Waals surface area contributed by atoms with Gasteiger partial charge in [-0.15, -0.1) is 0 Å². The maximum Gasteiger partial charge on any atom is 0.323 e. The summed E-state index contributed by atoms with van der Waals surface area (Å²) in [5.41, 5.74) is 3.54. The van der Waals surface area contributed by atoms with E-state index in [4.69, 9.17) is 17.3 Å². The predicted octanol–water partition coefficient (Wildman–Crippen LogP) is 5.21. The molecule has 0 saturated carbocycles. The summed E-state index contributed by atoms with van der Waals surface area (Å²) in [5, 5.41) is 8.96. The number of thiocarbonyl (C=S) groups is 1. The van der Waals surface area contributed by atoms with Crippen LogP contribution in [0.25, 0.3) is 6.08 Å². The summed E-state index contributed by atoms with van der Waals surface area (Å²) in [4.78, 5) is 27.4. The Morgan fingerprint density at radius 1 is 1.09 bits per heavy atom. The third-order valence-electron chi connectivity index (χ3n) is 6.26. The molecule has 2 saturated heterocycles. The van der Waals surface area contributed by atoms with Gasteiger partial charge in [-0.05, 0) is 67.4 Å². The molecule has 0 aliphatic carbocycles. The summed E-state index contributed by atoms with van der Waals surface area (Å²) in [6.07, 6.45) is 7.94. The first-order valence-electron chi connectivity index (χ1n) is 11.4. The van der Waals surface area contributed by atoms with Gasteiger partial charge in [0, 0.05) is 18.8 Å². The van der Waals surface area contributed by atoms with Gasteiger partial charge in [0.25, 0.3) is 5.91 Å². The van der Waals surface area contributed by atoms with Gasteiger partial charge in [-0.25, -0.2) is 0 Å². The SMILES string of the molecule is O=C(O)CN1C(=O)/C(=C/c2ccc(N3CCC(CCCc4ccccc4)CC3)cc2)SC1=S. The van der Waals surface area contributed by atoms with Crippen molar-refractivity contribution in [2.75, 3.05) is 24.5 Å². The third-order valence-corrected chi connectivity index (χ3v) is 7.64. The van der Waals surface area contributed by atoms with E-state index in [0.29, 0.717) is 4.91 Å². The molecule has 0 atom stereocenters. The molecular formula is C26H28N2O3S2. The number of amides is 1. The highest BCUT2D eigenvalue weighted by molar-refractivity contribution is 8.26. The molecule has 5 nitrogen and oxygen atoms in total. The van der Waals surface area contributed by atoms with Gasteiger partial charge in [0.15, 0.2) is 0 Å². The van der Waals surface area contributed by atoms with E-state index < -0.39 is 12.5 Å². The highest BCUT2D eigenvalue weighted by Crippen LogP contribution is 2.33. The van der Waals surface area contributed by atoms with Gasteiger partial charge in [-0.3, -0.25) is 14.5 Å². The lowest BCUT2D eigenvalue weighted by Crippen LogP contribution is -2.33. The molecule has 2 aliphatic rings. The minimum absolute atomic E-state index is 0.289. The fraction of sp³-hybridized carbons (Fsp3) is 0.346. The second kappa shape index (κ2) is 11.0. The molecule has 1 amide bonds. The van der Waals surface area contributed by atoms with Crippen LogP contribution in [0.15, 0.2) is 59.5 Å². The van der Waals surface area contributed by atoms with Gasteiger partial charge in [0.05, 0.1) is 4.91 Å². The summed E-state index contributed by atoms with van der Waals surface area (Å²) in [6, 6.07) is 18.9. The summed E-state index contributed by atoms with van der Waals surface area (Å²) in [6.45, 7) is 1.75. The minimum atomic E-state index is -1.07. The first kappa shape index (κ1) is 23.5. The van der Waals surface area contributed by atoms with Crippen molar-refractivity contribution < 1.29 is 14.7 Å². The van der Waals surface area contributed by atoms with Gasteiger partial charge < -0.3 is 10.0 Å². The second-order valence-electron chi connectivity index (χ2n) is 8.56. The van der Waals surface area contributed by atoms with Crippen LogP contribution in [0.2, 0.25) is 0 Å². The first-order chi connectivity index (χ1) is 16.0. The molecule has 2 aromatic rings. The van der Waals surface area contributed by atoms with Crippen molar-refractivity contribution in [1.82, 2.24) is 4.90 Å². The standard InChI is InChI=1S/C26H28N2O3S2/c29-24(30)18-28-25(31)23(33-26(28)32)17-21-9-11-22(12-10-21)27-15-13-20(14-16-27)8-4-7-19-5-2-1-3-6-19/h1-3,5-6,9-12,17,20H,4,7-8,13-16,18H2,(H,29,30)/b23-17-. The number of piperidine rings is 1. The van der Waals surface area contributed by atoms with E-state index >= 15 is 0 Å². The number of nitrogens with zero attached hydrogens (tertiary/aromatic N) is 2. The number of hydrogen-bond donors (Lipinski definition) is 1. The number of carbonyl (C=O) groups is 2. The van der Waals surface area contributed by atoms with Crippen LogP contribution in [0, 0.1) is 5.92 Å². The van der Waals surface area contributed by atoms with Crippen LogP contribution in [-0.2, 0) is 16.0 Å². The maximum atomic E-state index is 12.4. The third kappa shape index (κ3) is 6.24. The van der Waals surface area contributed by atoms with Crippen LogP contribution in [-0.4, -0.2) is 45.8 Å². The Morgan fingerprint density at radius 2 is 1.79 bits per heavy atom. The molecule has 2 heterocycles. The predicted molar refractivity (Wildman–Crippen MR) is 138 cm³/mol. The van der Waals surface area contributed by atoms with Gasteiger partial charge in [-0.2, -0.15) is 0 Å². The molecule has 1 N–H and O–H groups in total. The van der Waals surface area contributed by atoms with Crippen LogP contribution in [0.4, 0.5) is 5.69 Å². The average molecular weight is 481 g/mol. The number of thioether (sulfide) groups is 1. The van der Waals surface area contributed by atoms with Crippen molar-refractivity contribution in [3.63, 3.8) is 0 Å². The number of carboxylic acid groups (broad SMARTS) is 1. The lowest BCUT2D eigenvalue weighted by atomic mass is 9.90. The zero-order valence-electron chi connectivity index (χ0n) is 18.5. The zero-order chi connectivity index (χ0) is 23.2. The van der Waals surface area contributed by atoms with Crippen molar-refractivity contribution in [3.05, 3.63) is 70.6 Å². The Morgan fingerprint density at radius 3 is 2.45 bits per heavy atom. The van der Waals surface area contributed by atoms with E-state index in [9.17, 15) is 9.59 Å². The fourth-order valence-corrected chi connectivity index (χ4v) is 5.68. The number of carbonyl (C=O) groups excluding carboxylic acids is 1. The van der Waals surface area contributed by atoms with Crippen molar-refractivity contribution in [3.8, 4) is 0 Å². The number of rotatable bonds is 8. The monoisotopic (exact) mass is 480 g/mol. The number of aryl methyl sites for hydroxylation is 1. The molecule has 2 aromatic carbocycles. The molecule has 7 heteroatoms. The molecule has 2 aliphatic heterocycles. The van der Waals surface area contributed by atoms with Crippen LogP contribution >= 0.6 is 24.0 Å². The number of aliphatic carboxylic acids is 1. The number of carboxylic acids is 1. The van der Waals surface area contributed by atoms with Crippen molar-refractivity contribution in [2.24, 2.45) is 5.92 Å². The summed E-state index contributed by atoms with van der Waals surface area (Å²) in [7, 11) is 0. The van der Waals surface area contributed by atoms with Crippen LogP contribution in [0.5, 0.6) is 0 Å². The largest absolute Gasteiger partial charge is 0.480 e. The highest BCUT2D eigenvalue weighted by Gasteiger charge is 2.33. The maximum absolute atomic E-state index is 12.4. The smallest absolute Gasteiger partial charge is 0.323 e. The fourth-order valence-electron chi connectivity index (χ4n) is 4.42. The molecule has 0 unspecified atom stereocenters. The van der Waals surface area contributed by atoms with Crippen LogP contribution < -0.4 is 4.90 Å².